The Hall–Kier alpha value is -0.160. The first-order chi connectivity index (χ1) is 3.71. The van der Waals surface area contributed by atoms with E-state index < -0.39 is 0 Å². The molecule has 2 saturated heterocycles. The minimum absolute atomic E-state index is 0.250. The van der Waals surface area contributed by atoms with Gasteiger partial charge in [0.2, 0.25) is 12.6 Å². The van der Waals surface area contributed by atoms with Crippen molar-refractivity contribution in [2.75, 3.05) is 6.79 Å². The monoisotopic (exact) mass is 120 g/mol. The fraction of sp³-hybridized carbons (Fsp3) is 1.00. The maximum Gasteiger partial charge on any atom is 0.228 e. The van der Waals surface area contributed by atoms with Gasteiger partial charge in [-0.05, 0) is 13.8 Å². The first-order valence-electron chi connectivity index (χ1n) is 2.32. The van der Waals surface area contributed by atoms with Crippen LogP contribution in [0.1, 0.15) is 13.8 Å². The summed E-state index contributed by atoms with van der Waals surface area (Å²) in [5.41, 5.74) is 0. The standard InChI is InChI=1S/C3H6O2.CH2O2/c1-3(2)4-5-3;1-2-3-1/h1-2H3;1H2. The van der Waals surface area contributed by atoms with E-state index in [1.165, 1.54) is 0 Å². The van der Waals surface area contributed by atoms with Crippen LogP contribution in [0.3, 0.4) is 0 Å². The van der Waals surface area contributed by atoms with Crippen molar-refractivity contribution >= 4 is 0 Å². The van der Waals surface area contributed by atoms with Crippen LogP contribution in [0.2, 0.25) is 0 Å². The molecule has 2 aliphatic rings. The Morgan fingerprint density at radius 2 is 1.38 bits per heavy atom. The van der Waals surface area contributed by atoms with Crippen LogP contribution < -0.4 is 0 Å². The first kappa shape index (κ1) is 5.97. The van der Waals surface area contributed by atoms with E-state index in [-0.39, 0.29) is 5.79 Å². The van der Waals surface area contributed by atoms with Gasteiger partial charge in [-0.15, -0.1) is 0 Å². The highest BCUT2D eigenvalue weighted by Crippen LogP contribution is 2.26. The van der Waals surface area contributed by atoms with Gasteiger partial charge in [0.05, 0.1) is 0 Å². The second-order valence-corrected chi connectivity index (χ2v) is 1.92. The fourth-order valence-electron chi connectivity index (χ4n) is 0.0833. The van der Waals surface area contributed by atoms with Crippen molar-refractivity contribution in [1.82, 2.24) is 0 Å². The van der Waals surface area contributed by atoms with E-state index in [1.54, 1.807) is 0 Å². The summed E-state index contributed by atoms with van der Waals surface area (Å²) in [5.74, 6) is -0.250. The summed E-state index contributed by atoms with van der Waals surface area (Å²) in [6.45, 7) is 4.21. The van der Waals surface area contributed by atoms with Gasteiger partial charge in [0.25, 0.3) is 0 Å². The quantitative estimate of drug-likeness (QED) is 0.346. The van der Waals surface area contributed by atoms with Gasteiger partial charge < -0.3 is 0 Å². The fourth-order valence-corrected chi connectivity index (χ4v) is 0.0833. The maximum absolute atomic E-state index is 4.40. The highest BCUT2D eigenvalue weighted by molar-refractivity contribution is 4.53. The summed E-state index contributed by atoms with van der Waals surface area (Å²) in [7, 11) is 0. The van der Waals surface area contributed by atoms with Gasteiger partial charge in [-0.1, -0.05) is 0 Å². The minimum Gasteiger partial charge on any atom is -0.202 e. The summed E-state index contributed by atoms with van der Waals surface area (Å²) >= 11 is 0. The summed E-state index contributed by atoms with van der Waals surface area (Å²) in [6, 6.07) is 0. The Kier molecular flexibility index (Phi) is 1.48. The van der Waals surface area contributed by atoms with Crippen molar-refractivity contribution < 1.29 is 19.6 Å². The van der Waals surface area contributed by atoms with Gasteiger partial charge in [-0.3, -0.25) is 0 Å². The van der Waals surface area contributed by atoms with Crippen LogP contribution >= 0.6 is 0 Å². The molecule has 0 aromatic carbocycles. The molecular weight excluding hydrogens is 112 g/mol. The van der Waals surface area contributed by atoms with Crippen LogP contribution in [0.15, 0.2) is 0 Å². The van der Waals surface area contributed by atoms with Crippen molar-refractivity contribution in [1.29, 1.82) is 0 Å². The molecule has 0 N–H and O–H groups in total. The van der Waals surface area contributed by atoms with E-state index in [0.717, 1.165) is 0 Å². The molecule has 0 bridgehead atoms. The lowest BCUT2D eigenvalue weighted by atomic mass is 10.4. The molecule has 0 spiro atoms. The molecule has 0 radical (unpaired) electrons. The molecule has 48 valence electrons. The predicted molar refractivity (Wildman–Crippen MR) is 23.3 cm³/mol. The Balaban J connectivity index is 0.0000000907. The molecule has 0 atom stereocenters. The lowest BCUT2D eigenvalue weighted by molar-refractivity contribution is 0.0850. The van der Waals surface area contributed by atoms with Crippen molar-refractivity contribution in [3.05, 3.63) is 0 Å². The third-order valence-electron chi connectivity index (χ3n) is 0.535. The van der Waals surface area contributed by atoms with Gasteiger partial charge in [-0.2, -0.15) is 9.78 Å². The molecule has 0 aromatic heterocycles. The second kappa shape index (κ2) is 1.99. The number of hydrogen-bond donors (Lipinski definition) is 0. The average molecular weight is 120 g/mol. The van der Waals surface area contributed by atoms with Crippen LogP contribution in [0, 0.1) is 0 Å². The molecule has 2 rings (SSSR count). The molecule has 2 aliphatic heterocycles. The smallest absolute Gasteiger partial charge is 0.202 e. The summed E-state index contributed by atoms with van der Waals surface area (Å²) in [4.78, 5) is 16.8. The van der Waals surface area contributed by atoms with E-state index >= 15 is 0 Å². The molecule has 0 aliphatic carbocycles. The first-order valence-corrected chi connectivity index (χ1v) is 2.32. The Morgan fingerprint density at radius 3 is 1.38 bits per heavy atom. The molecule has 2 heterocycles. The van der Waals surface area contributed by atoms with Gasteiger partial charge >= 0.3 is 0 Å². The largest absolute Gasteiger partial charge is 0.228 e. The molecule has 4 nitrogen and oxygen atoms in total. The van der Waals surface area contributed by atoms with Gasteiger partial charge in [0.1, 0.15) is 0 Å². The molecule has 0 saturated carbocycles. The zero-order valence-electron chi connectivity index (χ0n) is 4.84. The van der Waals surface area contributed by atoms with E-state index in [9.17, 15) is 0 Å². The highest BCUT2D eigenvalue weighted by Gasteiger charge is 2.36. The Labute approximate surface area is 47.1 Å². The summed E-state index contributed by atoms with van der Waals surface area (Å²) < 4.78 is 0. The molecule has 2 fully saturated rings. The van der Waals surface area contributed by atoms with Crippen LogP contribution in [-0.2, 0) is 19.6 Å². The second-order valence-electron chi connectivity index (χ2n) is 1.92. The van der Waals surface area contributed by atoms with Crippen LogP contribution in [-0.4, -0.2) is 12.6 Å². The van der Waals surface area contributed by atoms with E-state index in [0.29, 0.717) is 6.79 Å². The van der Waals surface area contributed by atoms with Crippen LogP contribution in [0.25, 0.3) is 0 Å². The minimum atomic E-state index is -0.250. The molecule has 0 amide bonds. The molecule has 4 heteroatoms. The SMILES string of the molecule is C1OO1.CC1(C)OO1. The lowest BCUT2D eigenvalue weighted by Crippen LogP contribution is -1.89. The normalized spacial score (nSPS) is 27.8. The topological polar surface area (TPSA) is 50.1 Å². The average Bonchev–Trinajstić information content (AvgIpc) is 2.33. The highest BCUT2D eigenvalue weighted by atomic mass is 17.4. The van der Waals surface area contributed by atoms with Crippen LogP contribution in [0.5, 0.6) is 0 Å². The molecular formula is C4H8O4. The molecule has 0 unspecified atom stereocenters. The predicted octanol–water partition coefficient (Wildman–Crippen LogP) is 0.590. The third-order valence-corrected chi connectivity index (χ3v) is 0.535. The van der Waals surface area contributed by atoms with E-state index in [2.05, 4.69) is 19.6 Å². The van der Waals surface area contributed by atoms with Gasteiger partial charge in [-0.25, -0.2) is 9.78 Å². The van der Waals surface area contributed by atoms with Crippen molar-refractivity contribution in [3.63, 3.8) is 0 Å². The summed E-state index contributed by atoms with van der Waals surface area (Å²) in [6.07, 6.45) is 0. The molecule has 8 heavy (non-hydrogen) atoms. The Bertz CT molecular complexity index is 69.4. The van der Waals surface area contributed by atoms with Crippen molar-refractivity contribution in [2.24, 2.45) is 0 Å². The van der Waals surface area contributed by atoms with Crippen molar-refractivity contribution in [3.8, 4) is 0 Å². The van der Waals surface area contributed by atoms with E-state index in [1.807, 2.05) is 13.8 Å². The van der Waals surface area contributed by atoms with E-state index in [4.69, 9.17) is 0 Å². The number of rotatable bonds is 0. The Morgan fingerprint density at radius 1 is 1.12 bits per heavy atom. The zero-order valence-corrected chi connectivity index (χ0v) is 4.84. The number of hydrogen-bond acceptors (Lipinski definition) is 4. The molecule has 0 aromatic rings. The zero-order chi connectivity index (χ0) is 6.04. The third kappa shape index (κ3) is 4.01. The summed E-state index contributed by atoms with van der Waals surface area (Å²) in [5, 5.41) is 0. The van der Waals surface area contributed by atoms with Crippen LogP contribution in [0.4, 0.5) is 0 Å². The maximum atomic E-state index is 4.40. The lowest BCUT2D eigenvalue weighted by Gasteiger charge is -1.72. The van der Waals surface area contributed by atoms with Crippen molar-refractivity contribution in [2.45, 2.75) is 19.6 Å². The van der Waals surface area contributed by atoms with Gasteiger partial charge in [0, 0.05) is 0 Å². The van der Waals surface area contributed by atoms with Gasteiger partial charge in [0.15, 0.2) is 0 Å².